The molecule has 5 rings (SSSR count). The van der Waals surface area contributed by atoms with Gasteiger partial charge in [-0.3, -0.25) is 9.98 Å². The number of rotatable bonds is 4. The van der Waals surface area contributed by atoms with Crippen molar-refractivity contribution in [2.45, 2.75) is 56.7 Å². The highest BCUT2D eigenvalue weighted by Crippen LogP contribution is 2.24. The van der Waals surface area contributed by atoms with Gasteiger partial charge in [0.1, 0.15) is 5.82 Å². The van der Waals surface area contributed by atoms with Crippen LogP contribution in [0.3, 0.4) is 0 Å². The molecule has 0 radical (unpaired) electrons. The summed E-state index contributed by atoms with van der Waals surface area (Å²) < 4.78 is 1.71. The molecule has 3 aromatic rings. The van der Waals surface area contributed by atoms with Gasteiger partial charge in [-0.2, -0.15) is 9.61 Å². The second-order valence-corrected chi connectivity index (χ2v) is 7.95. The molecule has 0 atom stereocenters. The predicted octanol–water partition coefficient (Wildman–Crippen LogP) is 0.795. The van der Waals surface area contributed by atoms with Crippen LogP contribution in [-0.2, 0) is 0 Å². The molecule has 0 bridgehead atoms. The predicted molar refractivity (Wildman–Crippen MR) is 106 cm³/mol. The van der Waals surface area contributed by atoms with Gasteiger partial charge in [0.05, 0.1) is 18.3 Å². The van der Waals surface area contributed by atoms with Crippen LogP contribution in [0.2, 0.25) is 0 Å². The molecule has 0 saturated heterocycles. The van der Waals surface area contributed by atoms with Gasteiger partial charge in [0.25, 0.3) is 0 Å². The molecule has 2 saturated carbocycles. The second kappa shape index (κ2) is 7.07. The number of aromatic hydroxyl groups is 2. The van der Waals surface area contributed by atoms with Gasteiger partial charge in [0, 0.05) is 29.0 Å². The zero-order valence-corrected chi connectivity index (χ0v) is 15.9. The van der Waals surface area contributed by atoms with Crippen molar-refractivity contribution >= 4 is 17.5 Å². The molecule has 2 aliphatic carbocycles. The summed E-state index contributed by atoms with van der Waals surface area (Å²) in [4.78, 5) is 12.0. The van der Waals surface area contributed by atoms with Gasteiger partial charge < -0.3 is 20.6 Å². The number of hydrogen-bond donors (Lipinski definition) is 5. The van der Waals surface area contributed by atoms with Crippen molar-refractivity contribution in [3.63, 3.8) is 0 Å². The Balaban J connectivity index is 1.58. The minimum atomic E-state index is -0.203. The number of anilines is 1. The lowest BCUT2D eigenvalue weighted by molar-refractivity contribution is 0.126. The summed E-state index contributed by atoms with van der Waals surface area (Å²) >= 11 is 0. The van der Waals surface area contributed by atoms with Crippen LogP contribution in [0.4, 0.5) is 5.82 Å². The summed E-state index contributed by atoms with van der Waals surface area (Å²) in [7, 11) is 0. The molecule has 3 heterocycles. The molecule has 9 heteroatoms. The fourth-order valence-electron chi connectivity index (χ4n) is 3.77. The van der Waals surface area contributed by atoms with Gasteiger partial charge in [0.15, 0.2) is 22.9 Å². The van der Waals surface area contributed by atoms with E-state index in [1.54, 1.807) is 16.8 Å². The molecule has 152 valence electrons. The Morgan fingerprint density at radius 1 is 1.14 bits per heavy atom. The van der Waals surface area contributed by atoms with Crippen molar-refractivity contribution < 1.29 is 15.3 Å². The maximum absolute atomic E-state index is 9.93. The molecule has 0 unspecified atom stereocenters. The van der Waals surface area contributed by atoms with E-state index < -0.39 is 0 Å². The van der Waals surface area contributed by atoms with Gasteiger partial charge in [-0.25, -0.2) is 4.98 Å². The van der Waals surface area contributed by atoms with E-state index in [0.29, 0.717) is 22.5 Å². The number of H-pyrrole nitrogens is 1. The van der Waals surface area contributed by atoms with Crippen LogP contribution in [-0.4, -0.2) is 53.1 Å². The lowest BCUT2D eigenvalue weighted by atomic mass is 9.93. The van der Waals surface area contributed by atoms with E-state index in [0.717, 1.165) is 49.8 Å². The van der Waals surface area contributed by atoms with Crippen molar-refractivity contribution in [1.82, 2.24) is 19.6 Å². The van der Waals surface area contributed by atoms with Crippen LogP contribution < -0.4 is 16.0 Å². The lowest BCUT2D eigenvalue weighted by Gasteiger charge is -2.26. The summed E-state index contributed by atoms with van der Waals surface area (Å²) in [5, 5.41) is 37.9. The number of nitrogens with one attached hydrogen (secondary N) is 2. The Bertz CT molecular complexity index is 1160. The SMILES string of the molecule is Oc1cc(C=c2cnn3c(=NC4CC4)cc(NC4CCC(O)CC4)nc23)c(O)[nH]1. The van der Waals surface area contributed by atoms with Crippen molar-refractivity contribution in [2.24, 2.45) is 4.99 Å². The Hall–Kier alpha value is -3.07. The number of aromatic nitrogens is 4. The maximum Gasteiger partial charge on any atom is 0.198 e. The molecule has 9 nitrogen and oxygen atoms in total. The highest BCUT2D eigenvalue weighted by molar-refractivity contribution is 5.62. The summed E-state index contributed by atoms with van der Waals surface area (Å²) in [6.07, 6.45) is 8.76. The molecular formula is C20H24N6O3. The summed E-state index contributed by atoms with van der Waals surface area (Å²) in [5.41, 5.74) is 1.83. The highest BCUT2D eigenvalue weighted by atomic mass is 16.3. The first-order chi connectivity index (χ1) is 14.0. The van der Waals surface area contributed by atoms with Gasteiger partial charge in [-0.15, -0.1) is 0 Å². The Labute approximate surface area is 166 Å². The highest BCUT2D eigenvalue weighted by Gasteiger charge is 2.22. The third kappa shape index (κ3) is 3.77. The van der Waals surface area contributed by atoms with Crippen LogP contribution in [0, 0.1) is 0 Å². The molecule has 0 aromatic carbocycles. The van der Waals surface area contributed by atoms with Crippen molar-refractivity contribution in [3.8, 4) is 11.8 Å². The largest absolute Gasteiger partial charge is 0.494 e. The third-order valence-electron chi connectivity index (χ3n) is 5.51. The smallest absolute Gasteiger partial charge is 0.198 e. The average Bonchev–Trinajstić information content (AvgIpc) is 3.33. The average molecular weight is 396 g/mol. The Morgan fingerprint density at radius 3 is 2.62 bits per heavy atom. The zero-order valence-electron chi connectivity index (χ0n) is 15.9. The van der Waals surface area contributed by atoms with Crippen molar-refractivity contribution in [2.75, 3.05) is 5.32 Å². The second-order valence-electron chi connectivity index (χ2n) is 7.95. The molecule has 3 aromatic heterocycles. The van der Waals surface area contributed by atoms with Gasteiger partial charge in [-0.1, -0.05) is 0 Å². The van der Waals surface area contributed by atoms with Crippen molar-refractivity contribution in [1.29, 1.82) is 0 Å². The summed E-state index contributed by atoms with van der Waals surface area (Å²) in [6, 6.07) is 3.97. The van der Waals surface area contributed by atoms with E-state index in [1.807, 2.05) is 6.07 Å². The quantitative estimate of drug-likeness (QED) is 0.443. The minimum Gasteiger partial charge on any atom is -0.494 e. The number of aromatic amines is 1. The zero-order chi connectivity index (χ0) is 20.0. The third-order valence-corrected chi connectivity index (χ3v) is 5.51. The van der Waals surface area contributed by atoms with E-state index in [-0.39, 0.29) is 23.9 Å². The molecule has 29 heavy (non-hydrogen) atoms. The lowest BCUT2D eigenvalue weighted by Crippen LogP contribution is -2.30. The topological polar surface area (TPSA) is 131 Å². The van der Waals surface area contributed by atoms with Crippen LogP contribution in [0.15, 0.2) is 23.3 Å². The molecule has 2 aliphatic rings. The maximum atomic E-state index is 9.93. The molecule has 0 spiro atoms. The van der Waals surface area contributed by atoms with Crippen LogP contribution in [0.1, 0.15) is 44.1 Å². The first kappa shape index (κ1) is 18.0. The van der Waals surface area contributed by atoms with E-state index >= 15 is 0 Å². The van der Waals surface area contributed by atoms with Crippen molar-refractivity contribution in [3.05, 3.63) is 34.6 Å². The molecule has 0 amide bonds. The summed E-state index contributed by atoms with van der Waals surface area (Å²) in [6.45, 7) is 0. The first-order valence-electron chi connectivity index (χ1n) is 10.0. The first-order valence-corrected chi connectivity index (χ1v) is 10.0. The van der Waals surface area contributed by atoms with Crippen LogP contribution in [0.25, 0.3) is 11.7 Å². The van der Waals surface area contributed by atoms with Crippen LogP contribution >= 0.6 is 0 Å². The number of aliphatic hydroxyl groups excluding tert-OH is 1. The Kier molecular flexibility index (Phi) is 4.39. The molecule has 2 fully saturated rings. The fourth-order valence-corrected chi connectivity index (χ4v) is 3.77. The number of nitrogens with zero attached hydrogens (tertiary/aromatic N) is 4. The standard InChI is InChI=1S/C20H24N6O3/c27-15-5-3-13(4-6-15)22-16-9-17(23-14-1-2-14)26-19(24-16)12(10-21-26)7-11-8-18(28)25-20(11)29/h7-10,13-15,22,25,27-29H,1-6H2. The number of aliphatic hydroxyl groups is 1. The minimum absolute atomic E-state index is 0.107. The van der Waals surface area contributed by atoms with Gasteiger partial charge in [0.2, 0.25) is 0 Å². The van der Waals surface area contributed by atoms with E-state index in [2.05, 4.69) is 15.4 Å². The van der Waals surface area contributed by atoms with Crippen LogP contribution in [0.5, 0.6) is 11.8 Å². The van der Waals surface area contributed by atoms with E-state index in [1.165, 1.54) is 6.07 Å². The molecule has 5 N–H and O–H groups in total. The van der Waals surface area contributed by atoms with Gasteiger partial charge >= 0.3 is 0 Å². The fraction of sp³-hybridized carbons (Fsp3) is 0.450. The number of hydrogen-bond acceptors (Lipinski definition) is 7. The Morgan fingerprint density at radius 2 is 1.93 bits per heavy atom. The normalized spacial score (nSPS) is 23.8. The monoisotopic (exact) mass is 396 g/mol. The van der Waals surface area contributed by atoms with E-state index in [9.17, 15) is 15.3 Å². The van der Waals surface area contributed by atoms with Gasteiger partial charge in [-0.05, 0) is 44.6 Å². The molecule has 0 aliphatic heterocycles. The molecular weight excluding hydrogens is 372 g/mol. The summed E-state index contributed by atoms with van der Waals surface area (Å²) in [5.74, 6) is 0.513. The number of fused-ring (bicyclic) bond motifs is 1. The van der Waals surface area contributed by atoms with E-state index in [4.69, 9.17) is 9.98 Å².